The van der Waals surface area contributed by atoms with Crippen LogP contribution in [0.25, 0.3) is 10.8 Å². The first-order valence-corrected chi connectivity index (χ1v) is 9.84. The average molecular weight is 381 g/mol. The Bertz CT molecular complexity index is 1160. The fourth-order valence-corrected chi connectivity index (χ4v) is 4.18. The van der Waals surface area contributed by atoms with Gasteiger partial charge in [0.05, 0.1) is 10.6 Å². The minimum Gasteiger partial charge on any atom is -0.505 e. The number of hydrogen-bond donors (Lipinski definition) is 2. The first-order valence-electron chi connectivity index (χ1n) is 6.97. The summed E-state index contributed by atoms with van der Waals surface area (Å²) in [6, 6.07) is 13.6. The number of phenolic OH excluding ortho intramolecular Hbond substituents is 1. The van der Waals surface area contributed by atoms with Crippen molar-refractivity contribution in [3.63, 3.8) is 0 Å². The highest BCUT2D eigenvalue weighted by atomic mass is 32.3. The Hall–Kier alpha value is -2.65. The summed E-state index contributed by atoms with van der Waals surface area (Å²) < 4.78 is 62.7. The van der Waals surface area contributed by atoms with Crippen molar-refractivity contribution in [1.82, 2.24) is 0 Å². The lowest BCUT2D eigenvalue weighted by atomic mass is 10.1. The van der Waals surface area contributed by atoms with Crippen molar-refractivity contribution in [3.8, 4) is 5.75 Å². The van der Waals surface area contributed by atoms with Crippen molar-refractivity contribution < 1.29 is 25.8 Å². The molecule has 0 radical (unpaired) electrons. The molecule has 0 aliphatic rings. The maximum atomic E-state index is 13.4. The first kappa shape index (κ1) is 17.2. The number of benzene rings is 3. The zero-order valence-electron chi connectivity index (χ0n) is 12.5. The van der Waals surface area contributed by atoms with Crippen LogP contribution in [-0.4, -0.2) is 21.9 Å². The molecule has 0 saturated carbocycles. The molecule has 25 heavy (non-hydrogen) atoms. The Morgan fingerprint density at radius 2 is 1.48 bits per heavy atom. The summed E-state index contributed by atoms with van der Waals surface area (Å²) >= 11 is 0. The molecule has 3 aromatic carbocycles. The number of anilines is 1. The van der Waals surface area contributed by atoms with Crippen LogP contribution in [0.15, 0.2) is 70.5 Å². The SMILES string of the molecule is O=S(=O)(F)c1cccc2c(O)c(NS(=O)(=O)c3ccccc3)ccc12. The molecule has 2 N–H and O–H groups in total. The Kier molecular flexibility index (Phi) is 4.13. The molecule has 3 rings (SSSR count). The van der Waals surface area contributed by atoms with Crippen LogP contribution in [0.1, 0.15) is 0 Å². The highest BCUT2D eigenvalue weighted by Gasteiger charge is 2.20. The molecule has 0 heterocycles. The number of nitrogens with one attached hydrogen (secondary N) is 1. The van der Waals surface area contributed by atoms with E-state index in [2.05, 4.69) is 4.72 Å². The summed E-state index contributed by atoms with van der Waals surface area (Å²) in [5.74, 6) is -0.498. The third-order valence-corrected chi connectivity index (χ3v) is 5.82. The van der Waals surface area contributed by atoms with Crippen LogP contribution < -0.4 is 4.72 Å². The molecule has 6 nitrogen and oxygen atoms in total. The molecular formula is C16H12FNO5S2. The van der Waals surface area contributed by atoms with Gasteiger partial charge in [-0.15, -0.1) is 3.89 Å². The molecule has 0 aliphatic heterocycles. The summed E-state index contributed by atoms with van der Waals surface area (Å²) in [4.78, 5) is -0.604. The number of hydrogen-bond acceptors (Lipinski definition) is 5. The molecule has 0 amide bonds. The Labute approximate surface area is 143 Å². The van der Waals surface area contributed by atoms with Crippen LogP contribution in [0.3, 0.4) is 0 Å². The van der Waals surface area contributed by atoms with Crippen LogP contribution in [0.2, 0.25) is 0 Å². The van der Waals surface area contributed by atoms with Crippen molar-refractivity contribution in [2.24, 2.45) is 0 Å². The molecule has 0 spiro atoms. The summed E-state index contributed by atoms with van der Waals surface area (Å²) in [5.41, 5.74) is -0.148. The quantitative estimate of drug-likeness (QED) is 0.534. The van der Waals surface area contributed by atoms with E-state index in [1.165, 1.54) is 36.4 Å². The predicted molar refractivity (Wildman–Crippen MR) is 91.2 cm³/mol. The minimum atomic E-state index is -4.99. The summed E-state index contributed by atoms with van der Waals surface area (Å²) in [6.45, 7) is 0. The van der Waals surface area contributed by atoms with Gasteiger partial charge in [-0.05, 0) is 24.3 Å². The van der Waals surface area contributed by atoms with Crippen molar-refractivity contribution >= 4 is 36.7 Å². The van der Waals surface area contributed by atoms with Gasteiger partial charge in [-0.1, -0.05) is 36.4 Å². The number of fused-ring (bicyclic) bond motifs is 1. The zero-order valence-corrected chi connectivity index (χ0v) is 14.2. The normalized spacial score (nSPS) is 12.2. The summed E-state index contributed by atoms with van der Waals surface area (Å²) in [5, 5.41) is 10.3. The number of halogens is 1. The van der Waals surface area contributed by atoms with E-state index in [-0.39, 0.29) is 21.4 Å². The molecule has 0 fully saturated rings. The second kappa shape index (κ2) is 6.01. The topological polar surface area (TPSA) is 101 Å². The highest BCUT2D eigenvalue weighted by Crippen LogP contribution is 2.36. The van der Waals surface area contributed by atoms with Crippen molar-refractivity contribution in [2.45, 2.75) is 9.79 Å². The molecule has 130 valence electrons. The number of sulfonamides is 1. The van der Waals surface area contributed by atoms with E-state index in [1.54, 1.807) is 18.2 Å². The smallest absolute Gasteiger partial charge is 0.332 e. The molecule has 3 aromatic rings. The molecule has 0 bridgehead atoms. The Morgan fingerprint density at radius 1 is 0.800 bits per heavy atom. The maximum Gasteiger partial charge on any atom is 0.332 e. The Balaban J connectivity index is 2.13. The fourth-order valence-electron chi connectivity index (χ4n) is 2.41. The zero-order chi connectivity index (χ0) is 18.2. The predicted octanol–water partition coefficient (Wildman–Crippen LogP) is 3.00. The highest BCUT2D eigenvalue weighted by molar-refractivity contribution is 7.92. The summed E-state index contributed by atoms with van der Waals surface area (Å²) in [6.07, 6.45) is 0. The van der Waals surface area contributed by atoms with E-state index in [1.807, 2.05) is 0 Å². The molecule has 0 aliphatic carbocycles. The van der Waals surface area contributed by atoms with Gasteiger partial charge in [-0.2, -0.15) is 8.42 Å². The third kappa shape index (κ3) is 3.28. The van der Waals surface area contributed by atoms with Gasteiger partial charge in [0, 0.05) is 10.8 Å². The van der Waals surface area contributed by atoms with Crippen LogP contribution in [0, 0.1) is 0 Å². The van der Waals surface area contributed by atoms with Crippen LogP contribution in [0.4, 0.5) is 9.57 Å². The van der Waals surface area contributed by atoms with Gasteiger partial charge >= 0.3 is 10.2 Å². The molecule has 0 saturated heterocycles. The monoisotopic (exact) mass is 381 g/mol. The fraction of sp³-hybridized carbons (Fsp3) is 0. The first-order chi connectivity index (χ1) is 11.7. The molecule has 0 aromatic heterocycles. The van der Waals surface area contributed by atoms with Gasteiger partial charge in [-0.25, -0.2) is 8.42 Å². The lowest BCUT2D eigenvalue weighted by Crippen LogP contribution is -2.13. The molecule has 0 unspecified atom stereocenters. The minimum absolute atomic E-state index is 0.00502. The third-order valence-electron chi connectivity index (χ3n) is 3.55. The van der Waals surface area contributed by atoms with Gasteiger partial charge in [0.2, 0.25) is 0 Å². The van der Waals surface area contributed by atoms with Crippen molar-refractivity contribution in [2.75, 3.05) is 4.72 Å². The van der Waals surface area contributed by atoms with E-state index in [9.17, 15) is 25.8 Å². The summed E-state index contributed by atoms with van der Waals surface area (Å²) in [7, 11) is -8.93. The van der Waals surface area contributed by atoms with Crippen molar-refractivity contribution in [3.05, 3.63) is 60.7 Å². The van der Waals surface area contributed by atoms with E-state index < -0.39 is 30.9 Å². The largest absolute Gasteiger partial charge is 0.505 e. The van der Waals surface area contributed by atoms with Gasteiger partial charge in [-0.3, -0.25) is 4.72 Å². The van der Waals surface area contributed by atoms with Gasteiger partial charge in [0.1, 0.15) is 10.6 Å². The number of phenols is 1. The van der Waals surface area contributed by atoms with E-state index >= 15 is 0 Å². The lowest BCUT2D eigenvalue weighted by molar-refractivity contribution is 0.484. The second-order valence-electron chi connectivity index (χ2n) is 5.17. The molecular weight excluding hydrogens is 369 g/mol. The van der Waals surface area contributed by atoms with Crippen molar-refractivity contribution in [1.29, 1.82) is 0 Å². The molecule has 0 atom stereocenters. The lowest BCUT2D eigenvalue weighted by Gasteiger charge is -2.12. The van der Waals surface area contributed by atoms with Gasteiger partial charge < -0.3 is 5.11 Å². The maximum absolute atomic E-state index is 13.4. The Morgan fingerprint density at radius 3 is 2.12 bits per heavy atom. The van der Waals surface area contributed by atoms with E-state index in [0.717, 1.165) is 6.07 Å². The van der Waals surface area contributed by atoms with Gasteiger partial charge in [0.15, 0.2) is 0 Å². The van der Waals surface area contributed by atoms with Crippen LogP contribution >= 0.6 is 0 Å². The standard InChI is InChI=1S/C16H12FNO5S2/c17-24(20,21)15-8-4-7-13-12(15)9-10-14(16(13)19)18-25(22,23)11-5-2-1-3-6-11/h1-10,18-19H. The number of rotatable bonds is 4. The second-order valence-corrected chi connectivity index (χ2v) is 8.17. The molecule has 9 heteroatoms. The average Bonchev–Trinajstić information content (AvgIpc) is 2.57. The van der Waals surface area contributed by atoms with Gasteiger partial charge in [0.25, 0.3) is 10.0 Å². The van der Waals surface area contributed by atoms with E-state index in [0.29, 0.717) is 0 Å². The number of aromatic hydroxyl groups is 1. The van der Waals surface area contributed by atoms with Crippen LogP contribution in [-0.2, 0) is 20.2 Å². The van der Waals surface area contributed by atoms with Crippen LogP contribution in [0.5, 0.6) is 5.75 Å². The van der Waals surface area contributed by atoms with E-state index in [4.69, 9.17) is 0 Å².